The summed E-state index contributed by atoms with van der Waals surface area (Å²) in [6.07, 6.45) is -5.58. The third-order valence-corrected chi connectivity index (χ3v) is 8.52. The summed E-state index contributed by atoms with van der Waals surface area (Å²) in [6.45, 7) is 0. The molecule has 3 N–H and O–H groups in total. The molecule has 8 nitrogen and oxygen atoms in total. The van der Waals surface area contributed by atoms with Gasteiger partial charge >= 0.3 is 12.3 Å². The van der Waals surface area contributed by atoms with Crippen LogP contribution in [0.25, 0.3) is 0 Å². The summed E-state index contributed by atoms with van der Waals surface area (Å²) in [5.74, 6) is 0. The molecule has 180 valence electrons. The summed E-state index contributed by atoms with van der Waals surface area (Å²) < 4.78 is 99.4. The summed E-state index contributed by atoms with van der Waals surface area (Å²) >= 11 is 0. The highest BCUT2D eigenvalue weighted by Crippen LogP contribution is 2.36. The van der Waals surface area contributed by atoms with Gasteiger partial charge in [-0.3, -0.25) is 0 Å². The molecule has 1 aliphatic rings. The van der Waals surface area contributed by atoms with Crippen LogP contribution in [-0.4, -0.2) is 35.1 Å². The molecular weight excluding hydrogens is 485 g/mol. The molecule has 0 unspecified atom stereocenters. The van der Waals surface area contributed by atoms with Crippen LogP contribution in [0.1, 0.15) is 31.2 Å². The van der Waals surface area contributed by atoms with Crippen molar-refractivity contribution in [2.45, 2.75) is 58.7 Å². The van der Waals surface area contributed by atoms with E-state index in [2.05, 4.69) is 4.72 Å². The van der Waals surface area contributed by atoms with E-state index in [9.17, 15) is 34.8 Å². The average molecular weight is 507 g/mol. The SMILES string of the molecule is NC(=O)O[C@H]1CC[C@H](NS(=O)(=O)c2cc(S(=O)(=O)c3ccccc3)ccc2C(F)(F)F)CC1. The van der Waals surface area contributed by atoms with Gasteiger partial charge in [-0.1, -0.05) is 18.2 Å². The van der Waals surface area contributed by atoms with Crippen molar-refractivity contribution in [1.29, 1.82) is 0 Å². The van der Waals surface area contributed by atoms with Crippen LogP contribution >= 0.6 is 0 Å². The smallest absolute Gasteiger partial charge is 0.417 e. The number of sulfone groups is 1. The highest BCUT2D eigenvalue weighted by molar-refractivity contribution is 7.91. The van der Waals surface area contributed by atoms with Crippen LogP contribution in [0.2, 0.25) is 0 Å². The predicted molar refractivity (Wildman–Crippen MR) is 110 cm³/mol. The normalized spacial score (nSPS) is 19.7. The minimum absolute atomic E-state index is 0.186. The second-order valence-electron chi connectivity index (χ2n) is 7.50. The molecule has 1 saturated carbocycles. The van der Waals surface area contributed by atoms with Crippen LogP contribution in [0.3, 0.4) is 0 Å². The van der Waals surface area contributed by atoms with Gasteiger partial charge in [-0.25, -0.2) is 26.4 Å². The zero-order chi connectivity index (χ0) is 24.4. The predicted octanol–water partition coefficient (Wildman–Crippen LogP) is 3.22. The topological polar surface area (TPSA) is 133 Å². The van der Waals surface area contributed by atoms with E-state index < -0.39 is 59.6 Å². The summed E-state index contributed by atoms with van der Waals surface area (Å²) in [7, 11) is -9.00. The van der Waals surface area contributed by atoms with E-state index in [4.69, 9.17) is 10.5 Å². The Morgan fingerprint density at radius 1 is 0.939 bits per heavy atom. The molecule has 1 amide bonds. The Kier molecular flexibility index (Phi) is 7.05. The fourth-order valence-electron chi connectivity index (χ4n) is 3.61. The molecule has 0 bridgehead atoms. The largest absolute Gasteiger partial charge is 0.446 e. The number of amides is 1. The van der Waals surface area contributed by atoms with Gasteiger partial charge in [0.25, 0.3) is 0 Å². The Morgan fingerprint density at radius 2 is 1.55 bits per heavy atom. The molecule has 0 aliphatic heterocycles. The Morgan fingerprint density at radius 3 is 2.09 bits per heavy atom. The molecule has 0 atom stereocenters. The van der Waals surface area contributed by atoms with Gasteiger partial charge in [0.05, 0.1) is 20.2 Å². The molecule has 2 aromatic rings. The third kappa shape index (κ3) is 5.84. The molecule has 0 heterocycles. The van der Waals surface area contributed by atoms with Gasteiger partial charge in [0.2, 0.25) is 19.9 Å². The van der Waals surface area contributed by atoms with E-state index >= 15 is 0 Å². The van der Waals surface area contributed by atoms with E-state index in [0.717, 1.165) is 6.07 Å². The number of nitrogens with two attached hydrogens (primary N) is 1. The van der Waals surface area contributed by atoms with E-state index in [1.54, 1.807) is 6.07 Å². The average Bonchev–Trinajstić information content (AvgIpc) is 2.74. The van der Waals surface area contributed by atoms with Gasteiger partial charge in [-0.15, -0.1) is 0 Å². The zero-order valence-electron chi connectivity index (χ0n) is 17.1. The van der Waals surface area contributed by atoms with Crippen LogP contribution in [0, 0.1) is 0 Å². The van der Waals surface area contributed by atoms with E-state index in [-0.39, 0.29) is 30.6 Å². The standard InChI is InChI=1S/C20H21F3N2O6S2/c21-20(22,23)17-11-10-16(32(27,28)15-4-2-1-3-5-15)12-18(17)33(29,30)25-13-6-8-14(9-7-13)31-19(24)26/h1-5,10-14,25H,6-9H2,(H2,24,26)/t13-,14-. The fraction of sp³-hybridized carbons (Fsp3) is 0.350. The highest BCUT2D eigenvalue weighted by Gasteiger charge is 2.39. The van der Waals surface area contributed by atoms with Gasteiger partial charge < -0.3 is 10.5 Å². The first kappa shape index (κ1) is 25.0. The molecule has 0 saturated heterocycles. The Balaban J connectivity index is 1.95. The monoisotopic (exact) mass is 506 g/mol. The van der Waals surface area contributed by atoms with Gasteiger partial charge in [-0.2, -0.15) is 13.2 Å². The molecule has 0 radical (unpaired) electrons. The maximum Gasteiger partial charge on any atom is 0.417 e. The second-order valence-corrected chi connectivity index (χ2v) is 11.1. The molecule has 1 fully saturated rings. The van der Waals surface area contributed by atoms with Crippen molar-refractivity contribution in [3.8, 4) is 0 Å². The number of nitrogens with one attached hydrogen (secondary N) is 1. The number of carbonyl (C=O) groups is 1. The van der Waals surface area contributed by atoms with Crippen molar-refractivity contribution in [2.24, 2.45) is 5.73 Å². The van der Waals surface area contributed by atoms with Crippen LogP contribution < -0.4 is 10.5 Å². The summed E-state index contributed by atoms with van der Waals surface area (Å²) in [5.41, 5.74) is 3.48. The van der Waals surface area contributed by atoms with Crippen LogP contribution in [0.4, 0.5) is 18.0 Å². The molecule has 0 aromatic heterocycles. The molecule has 33 heavy (non-hydrogen) atoms. The minimum atomic E-state index is -5.04. The fourth-order valence-corrected chi connectivity index (χ4v) is 6.55. The number of ether oxygens (including phenoxy) is 1. The molecule has 0 spiro atoms. The van der Waals surface area contributed by atoms with Gasteiger partial charge in [0.1, 0.15) is 6.10 Å². The number of carbonyl (C=O) groups excluding carboxylic acids is 1. The van der Waals surface area contributed by atoms with Crippen molar-refractivity contribution < 1.29 is 39.5 Å². The van der Waals surface area contributed by atoms with Crippen LogP contribution in [0.15, 0.2) is 63.2 Å². The molecule has 13 heteroatoms. The van der Waals surface area contributed by atoms with Crippen molar-refractivity contribution >= 4 is 26.0 Å². The minimum Gasteiger partial charge on any atom is -0.446 e. The first-order chi connectivity index (χ1) is 15.3. The van der Waals surface area contributed by atoms with Gasteiger partial charge in [0, 0.05) is 6.04 Å². The lowest BCUT2D eigenvalue weighted by molar-refractivity contribution is -0.139. The lowest BCUT2D eigenvalue weighted by atomic mass is 9.94. The Labute approximate surface area is 188 Å². The van der Waals surface area contributed by atoms with Crippen LogP contribution in [-0.2, 0) is 30.8 Å². The number of alkyl halides is 3. The van der Waals surface area contributed by atoms with Crippen molar-refractivity contribution in [1.82, 2.24) is 4.72 Å². The summed E-state index contributed by atoms with van der Waals surface area (Å²) in [5, 5.41) is 0. The van der Waals surface area contributed by atoms with Gasteiger partial charge in [0.15, 0.2) is 0 Å². The van der Waals surface area contributed by atoms with E-state index in [1.807, 2.05) is 0 Å². The zero-order valence-corrected chi connectivity index (χ0v) is 18.7. The first-order valence-corrected chi connectivity index (χ1v) is 12.8. The first-order valence-electron chi connectivity index (χ1n) is 9.80. The molecule has 2 aromatic carbocycles. The number of hydrogen-bond acceptors (Lipinski definition) is 6. The summed E-state index contributed by atoms with van der Waals surface area (Å²) in [4.78, 5) is 8.90. The maximum absolute atomic E-state index is 13.6. The number of hydrogen-bond donors (Lipinski definition) is 2. The van der Waals surface area contributed by atoms with Gasteiger partial charge in [-0.05, 0) is 56.0 Å². The van der Waals surface area contributed by atoms with Crippen molar-refractivity contribution in [3.63, 3.8) is 0 Å². The van der Waals surface area contributed by atoms with E-state index in [1.165, 1.54) is 24.3 Å². The summed E-state index contributed by atoms with van der Waals surface area (Å²) in [6, 6.07) is 7.93. The number of sulfonamides is 1. The van der Waals surface area contributed by atoms with Crippen molar-refractivity contribution in [3.05, 3.63) is 54.1 Å². The maximum atomic E-state index is 13.6. The number of rotatable bonds is 6. The lowest BCUT2D eigenvalue weighted by Crippen LogP contribution is -2.40. The number of benzene rings is 2. The molecule has 1 aliphatic carbocycles. The van der Waals surface area contributed by atoms with Crippen LogP contribution in [0.5, 0.6) is 0 Å². The second kappa shape index (κ2) is 9.31. The number of halogens is 3. The van der Waals surface area contributed by atoms with Crippen molar-refractivity contribution in [2.75, 3.05) is 0 Å². The quantitative estimate of drug-likeness (QED) is 0.618. The third-order valence-electron chi connectivity index (χ3n) is 5.19. The Hall–Kier alpha value is -2.64. The lowest BCUT2D eigenvalue weighted by Gasteiger charge is -2.28. The Bertz CT molecular complexity index is 1220. The molecular formula is C20H21F3N2O6S2. The van der Waals surface area contributed by atoms with E-state index in [0.29, 0.717) is 12.1 Å². The number of primary amides is 1. The highest BCUT2D eigenvalue weighted by atomic mass is 32.2. The molecule has 3 rings (SSSR count).